The topological polar surface area (TPSA) is 29.1 Å². The summed E-state index contributed by atoms with van der Waals surface area (Å²) in [6, 6.07) is 0. The molecule has 1 amide bonds. The van der Waals surface area contributed by atoms with Gasteiger partial charge in [-0.15, -0.1) is 0 Å². The summed E-state index contributed by atoms with van der Waals surface area (Å²) >= 11 is 0. The van der Waals surface area contributed by atoms with Crippen molar-refractivity contribution in [2.75, 3.05) is 0 Å². The average Bonchev–Trinajstić information content (AvgIpc) is 2.27. The molecule has 1 aliphatic carbocycles. The lowest BCUT2D eigenvalue weighted by Gasteiger charge is -2.12. The van der Waals surface area contributed by atoms with Gasteiger partial charge in [-0.05, 0) is 19.4 Å². The minimum absolute atomic E-state index is 0.171. The minimum atomic E-state index is 0.171. The molecule has 11 heavy (non-hydrogen) atoms. The molecule has 58 valence electrons. The summed E-state index contributed by atoms with van der Waals surface area (Å²) in [5.74, 6) is 0.621. The quantitative estimate of drug-likeness (QED) is 0.553. The van der Waals surface area contributed by atoms with Crippen LogP contribution >= 0.6 is 0 Å². The van der Waals surface area contributed by atoms with E-state index in [0.717, 1.165) is 12.1 Å². The lowest BCUT2D eigenvalue weighted by atomic mass is 9.94. The van der Waals surface area contributed by atoms with Crippen molar-refractivity contribution in [3.8, 4) is 0 Å². The van der Waals surface area contributed by atoms with E-state index in [1.54, 1.807) is 0 Å². The maximum absolute atomic E-state index is 10.9. The van der Waals surface area contributed by atoms with Crippen molar-refractivity contribution in [3.63, 3.8) is 0 Å². The summed E-state index contributed by atoms with van der Waals surface area (Å²) in [4.78, 5) is 10.9. The fraction of sp³-hybridized carbons (Fsp3) is 0.444. The Hall–Kier alpha value is -1.05. The van der Waals surface area contributed by atoms with E-state index >= 15 is 0 Å². The van der Waals surface area contributed by atoms with Gasteiger partial charge in [0.25, 0.3) is 0 Å². The molecule has 1 fully saturated rings. The fourth-order valence-corrected chi connectivity index (χ4v) is 1.64. The second kappa shape index (κ2) is 2.22. The van der Waals surface area contributed by atoms with Crippen molar-refractivity contribution in [1.82, 2.24) is 5.32 Å². The van der Waals surface area contributed by atoms with Gasteiger partial charge < -0.3 is 5.32 Å². The third-order valence-electron chi connectivity index (χ3n) is 2.26. The zero-order chi connectivity index (χ0) is 7.84. The molecule has 1 aliphatic heterocycles. The molecule has 1 heterocycles. The second-order valence-electron chi connectivity index (χ2n) is 3.23. The van der Waals surface area contributed by atoms with E-state index in [1.807, 2.05) is 0 Å². The summed E-state index contributed by atoms with van der Waals surface area (Å²) in [5.41, 5.74) is 2.38. The molecule has 0 aromatic heterocycles. The van der Waals surface area contributed by atoms with E-state index in [0.29, 0.717) is 12.3 Å². The summed E-state index contributed by atoms with van der Waals surface area (Å²) in [6.45, 7) is 2.06. The number of nitrogens with one attached hydrogen (secondary N) is 1. The Balaban J connectivity index is 2.26. The van der Waals surface area contributed by atoms with Crippen LogP contribution < -0.4 is 5.32 Å². The molecule has 2 rings (SSSR count). The van der Waals surface area contributed by atoms with Crippen LogP contribution in [-0.4, -0.2) is 5.91 Å². The summed E-state index contributed by atoms with van der Waals surface area (Å²) in [7, 11) is 0. The van der Waals surface area contributed by atoms with E-state index < -0.39 is 0 Å². The van der Waals surface area contributed by atoms with E-state index in [2.05, 4.69) is 24.4 Å². The number of hydrogen-bond donors (Lipinski definition) is 1. The predicted octanol–water partition coefficient (Wildman–Crippen LogP) is 1.36. The minimum Gasteiger partial charge on any atom is -0.329 e. The van der Waals surface area contributed by atoms with E-state index in [4.69, 9.17) is 0 Å². The molecule has 2 aliphatic rings. The van der Waals surface area contributed by atoms with Gasteiger partial charge in [0.1, 0.15) is 0 Å². The van der Waals surface area contributed by atoms with Gasteiger partial charge in [0.05, 0.1) is 0 Å². The molecule has 2 nitrogen and oxygen atoms in total. The van der Waals surface area contributed by atoms with Gasteiger partial charge in [-0.1, -0.05) is 11.6 Å². The largest absolute Gasteiger partial charge is 0.329 e. The van der Waals surface area contributed by atoms with Crippen molar-refractivity contribution >= 4 is 5.91 Å². The number of amides is 1. The van der Waals surface area contributed by atoms with Crippen LogP contribution in [0.4, 0.5) is 0 Å². The molecule has 0 bridgehead atoms. The average molecular weight is 149 g/mol. The van der Waals surface area contributed by atoms with Crippen molar-refractivity contribution in [2.45, 2.75) is 19.8 Å². The Bertz CT molecular complexity index is 263. The van der Waals surface area contributed by atoms with Crippen LogP contribution in [-0.2, 0) is 4.79 Å². The number of rotatable bonds is 0. The van der Waals surface area contributed by atoms with Crippen LogP contribution in [0.3, 0.4) is 0 Å². The number of fused-ring (bicyclic) bond motifs is 1. The van der Waals surface area contributed by atoms with Gasteiger partial charge in [-0.3, -0.25) is 4.79 Å². The summed E-state index contributed by atoms with van der Waals surface area (Å²) in [6.07, 6.45) is 5.96. The molecule has 1 atom stereocenters. The highest BCUT2D eigenvalue weighted by Crippen LogP contribution is 2.28. The Morgan fingerprint density at radius 2 is 2.45 bits per heavy atom. The number of allylic oxidation sites excluding steroid dienone is 4. The second-order valence-corrected chi connectivity index (χ2v) is 3.23. The number of hydrogen-bond acceptors (Lipinski definition) is 1. The fourth-order valence-electron chi connectivity index (χ4n) is 1.64. The first-order valence-electron chi connectivity index (χ1n) is 3.94. The number of carbonyl (C=O) groups is 1. The lowest BCUT2D eigenvalue weighted by molar-refractivity contribution is -0.119. The standard InChI is InChI=1S/C9H11NO/c1-6-2-3-7-5-9(11)10-8(7)4-6/h2,4,7H,3,5H2,1H3,(H,10,11). The molecule has 0 aromatic rings. The van der Waals surface area contributed by atoms with Gasteiger partial charge in [-0.25, -0.2) is 0 Å². The van der Waals surface area contributed by atoms with Crippen molar-refractivity contribution in [3.05, 3.63) is 23.4 Å². The number of carbonyl (C=O) groups excluding carboxylic acids is 1. The third kappa shape index (κ3) is 1.09. The smallest absolute Gasteiger partial charge is 0.224 e. The zero-order valence-corrected chi connectivity index (χ0v) is 6.55. The van der Waals surface area contributed by atoms with E-state index in [9.17, 15) is 4.79 Å². The Morgan fingerprint density at radius 3 is 3.27 bits per heavy atom. The normalized spacial score (nSPS) is 28.8. The van der Waals surface area contributed by atoms with Crippen LogP contribution in [0.15, 0.2) is 23.4 Å². The lowest BCUT2D eigenvalue weighted by Crippen LogP contribution is -2.13. The first kappa shape index (κ1) is 6.65. The van der Waals surface area contributed by atoms with Crippen molar-refractivity contribution in [1.29, 1.82) is 0 Å². The maximum Gasteiger partial charge on any atom is 0.224 e. The molecule has 1 N–H and O–H groups in total. The van der Waals surface area contributed by atoms with Crippen LogP contribution in [0.5, 0.6) is 0 Å². The van der Waals surface area contributed by atoms with Gasteiger partial charge in [0, 0.05) is 18.0 Å². The molecular weight excluding hydrogens is 138 g/mol. The van der Waals surface area contributed by atoms with Crippen LogP contribution in [0.25, 0.3) is 0 Å². The molecule has 0 saturated carbocycles. The molecule has 0 aromatic carbocycles. The molecular formula is C9H11NO. The van der Waals surface area contributed by atoms with Crippen molar-refractivity contribution in [2.24, 2.45) is 5.92 Å². The maximum atomic E-state index is 10.9. The first-order chi connectivity index (χ1) is 5.25. The molecule has 1 saturated heterocycles. The highest BCUT2D eigenvalue weighted by molar-refractivity contribution is 5.82. The van der Waals surface area contributed by atoms with Crippen LogP contribution in [0.2, 0.25) is 0 Å². The molecule has 0 spiro atoms. The SMILES string of the molecule is CC1=CCC2CC(=O)NC2=C1. The predicted molar refractivity (Wildman–Crippen MR) is 42.7 cm³/mol. The monoisotopic (exact) mass is 149 g/mol. The molecule has 1 unspecified atom stereocenters. The van der Waals surface area contributed by atoms with Gasteiger partial charge in [0.15, 0.2) is 0 Å². The van der Waals surface area contributed by atoms with Gasteiger partial charge in [0.2, 0.25) is 5.91 Å². The van der Waals surface area contributed by atoms with Crippen molar-refractivity contribution < 1.29 is 4.79 Å². The van der Waals surface area contributed by atoms with Gasteiger partial charge in [-0.2, -0.15) is 0 Å². The van der Waals surface area contributed by atoms with Crippen LogP contribution in [0.1, 0.15) is 19.8 Å². The zero-order valence-electron chi connectivity index (χ0n) is 6.55. The summed E-state index contributed by atoms with van der Waals surface area (Å²) in [5, 5.41) is 2.87. The molecule has 2 heteroatoms. The van der Waals surface area contributed by atoms with Gasteiger partial charge >= 0.3 is 0 Å². The first-order valence-corrected chi connectivity index (χ1v) is 3.94. The summed E-state index contributed by atoms with van der Waals surface area (Å²) < 4.78 is 0. The highest BCUT2D eigenvalue weighted by atomic mass is 16.1. The Morgan fingerprint density at radius 1 is 1.64 bits per heavy atom. The van der Waals surface area contributed by atoms with E-state index in [-0.39, 0.29) is 5.91 Å². The molecule has 0 radical (unpaired) electrons. The third-order valence-corrected chi connectivity index (χ3v) is 2.26. The highest BCUT2D eigenvalue weighted by Gasteiger charge is 2.27. The van der Waals surface area contributed by atoms with E-state index in [1.165, 1.54) is 5.57 Å². The Kier molecular flexibility index (Phi) is 1.34. The van der Waals surface area contributed by atoms with Crippen LogP contribution in [0, 0.1) is 5.92 Å². The Labute approximate surface area is 66.0 Å².